The number of carbonyl (C=O) groups excluding carboxylic acids is 2. The van der Waals surface area contributed by atoms with E-state index in [4.69, 9.17) is 4.74 Å². The van der Waals surface area contributed by atoms with Gasteiger partial charge in [-0.2, -0.15) is 0 Å². The lowest BCUT2D eigenvalue weighted by Gasteiger charge is -2.15. The molecule has 1 amide bonds. The number of aryl methyl sites for hydroxylation is 2. The van der Waals surface area contributed by atoms with Crippen molar-refractivity contribution in [1.29, 1.82) is 0 Å². The van der Waals surface area contributed by atoms with Gasteiger partial charge in [-0.05, 0) is 63.4 Å². The van der Waals surface area contributed by atoms with E-state index in [0.717, 1.165) is 24.0 Å². The van der Waals surface area contributed by atoms with E-state index in [1.807, 2.05) is 26.0 Å². The zero-order valence-electron chi connectivity index (χ0n) is 16.6. The van der Waals surface area contributed by atoms with Crippen molar-refractivity contribution in [2.24, 2.45) is 0 Å². The van der Waals surface area contributed by atoms with Gasteiger partial charge in [0.2, 0.25) is 10.0 Å². The van der Waals surface area contributed by atoms with E-state index in [-0.39, 0.29) is 16.5 Å². The van der Waals surface area contributed by atoms with E-state index in [2.05, 4.69) is 10.0 Å². The molecule has 1 fully saturated rings. The normalized spacial score (nSPS) is 14.9. The number of hydrogen-bond donors (Lipinski definition) is 2. The smallest absolute Gasteiger partial charge is 0.338 e. The Morgan fingerprint density at radius 3 is 2.48 bits per heavy atom. The highest BCUT2D eigenvalue weighted by Gasteiger charge is 2.28. The average molecular weight is 416 g/mol. The van der Waals surface area contributed by atoms with Crippen LogP contribution in [0.1, 0.15) is 41.3 Å². The maximum absolute atomic E-state index is 12.4. The molecule has 0 saturated heterocycles. The summed E-state index contributed by atoms with van der Waals surface area (Å²) in [5.41, 5.74) is 2.68. The van der Waals surface area contributed by atoms with Gasteiger partial charge in [-0.1, -0.05) is 23.8 Å². The second-order valence-electron chi connectivity index (χ2n) is 7.28. The summed E-state index contributed by atoms with van der Waals surface area (Å²) in [6.07, 6.45) is 0.579. The van der Waals surface area contributed by atoms with E-state index in [1.54, 1.807) is 6.07 Å². The number of benzene rings is 2. The molecule has 2 N–H and O–H groups in total. The van der Waals surface area contributed by atoms with Gasteiger partial charge in [0.15, 0.2) is 6.10 Å². The topological polar surface area (TPSA) is 102 Å². The third-order valence-electron chi connectivity index (χ3n) is 4.57. The first-order chi connectivity index (χ1) is 13.7. The minimum absolute atomic E-state index is 0.00812. The summed E-state index contributed by atoms with van der Waals surface area (Å²) in [7, 11) is -3.68. The Morgan fingerprint density at radius 2 is 1.83 bits per heavy atom. The number of ether oxygens (including phenoxy) is 1. The Morgan fingerprint density at radius 1 is 1.10 bits per heavy atom. The first-order valence-corrected chi connectivity index (χ1v) is 10.9. The molecular weight excluding hydrogens is 392 g/mol. The SMILES string of the molecule is Cc1ccc(NC(=O)C(C)OC(=O)c2cccc(S(=O)(=O)NC3CC3)c2)c(C)c1. The van der Waals surface area contributed by atoms with Crippen LogP contribution in [0.5, 0.6) is 0 Å². The van der Waals surface area contributed by atoms with Crippen molar-refractivity contribution in [2.75, 3.05) is 5.32 Å². The van der Waals surface area contributed by atoms with E-state index in [0.29, 0.717) is 5.69 Å². The summed E-state index contributed by atoms with van der Waals surface area (Å²) in [5.74, 6) is -1.23. The Labute approximate surface area is 170 Å². The molecule has 0 radical (unpaired) electrons. The maximum atomic E-state index is 12.4. The van der Waals surface area contributed by atoms with Crippen LogP contribution < -0.4 is 10.0 Å². The number of anilines is 1. The van der Waals surface area contributed by atoms with Crippen LogP contribution in [0.25, 0.3) is 0 Å². The number of rotatable bonds is 7. The summed E-state index contributed by atoms with van der Waals surface area (Å²) >= 11 is 0. The van der Waals surface area contributed by atoms with Gasteiger partial charge in [0.1, 0.15) is 0 Å². The Bertz CT molecular complexity index is 1040. The van der Waals surface area contributed by atoms with E-state index < -0.39 is 28.0 Å². The molecule has 2 aromatic rings. The summed E-state index contributed by atoms with van der Waals surface area (Å²) in [5, 5.41) is 2.74. The molecule has 7 nitrogen and oxygen atoms in total. The van der Waals surface area contributed by atoms with Crippen molar-refractivity contribution < 1.29 is 22.7 Å². The predicted molar refractivity (Wildman–Crippen MR) is 109 cm³/mol. The Balaban J connectivity index is 1.66. The van der Waals surface area contributed by atoms with Crippen LogP contribution in [0.2, 0.25) is 0 Å². The van der Waals surface area contributed by atoms with Gasteiger partial charge < -0.3 is 10.1 Å². The van der Waals surface area contributed by atoms with Crippen LogP contribution in [-0.2, 0) is 19.6 Å². The predicted octanol–water partition coefficient (Wildman–Crippen LogP) is 2.93. The fourth-order valence-electron chi connectivity index (χ4n) is 2.75. The molecule has 0 spiro atoms. The molecule has 1 unspecified atom stereocenters. The van der Waals surface area contributed by atoms with E-state index >= 15 is 0 Å². The van der Waals surface area contributed by atoms with Gasteiger partial charge in [0.25, 0.3) is 5.91 Å². The minimum Gasteiger partial charge on any atom is -0.449 e. The number of hydrogen-bond acceptors (Lipinski definition) is 5. The zero-order chi connectivity index (χ0) is 21.2. The van der Waals surface area contributed by atoms with E-state index in [1.165, 1.54) is 31.2 Å². The molecule has 154 valence electrons. The molecule has 1 saturated carbocycles. The fraction of sp³-hybridized carbons (Fsp3) is 0.333. The number of amides is 1. The number of esters is 1. The van der Waals surface area contributed by atoms with Crippen molar-refractivity contribution in [3.05, 3.63) is 59.2 Å². The molecule has 0 aromatic heterocycles. The lowest BCUT2D eigenvalue weighted by molar-refractivity contribution is -0.123. The minimum atomic E-state index is -3.68. The summed E-state index contributed by atoms with van der Waals surface area (Å²) in [6, 6.07) is 11.2. The van der Waals surface area contributed by atoms with Crippen LogP contribution in [0.3, 0.4) is 0 Å². The van der Waals surface area contributed by atoms with Gasteiger partial charge in [-0.15, -0.1) is 0 Å². The molecule has 29 heavy (non-hydrogen) atoms. The van der Waals surface area contributed by atoms with Crippen LogP contribution in [0.15, 0.2) is 47.4 Å². The van der Waals surface area contributed by atoms with Crippen molar-refractivity contribution in [3.8, 4) is 0 Å². The summed E-state index contributed by atoms with van der Waals surface area (Å²) in [6.45, 7) is 5.30. The highest BCUT2D eigenvalue weighted by Crippen LogP contribution is 2.23. The third kappa shape index (κ3) is 5.42. The molecule has 0 bridgehead atoms. The Kier molecular flexibility index (Phi) is 6.04. The fourth-order valence-corrected chi connectivity index (χ4v) is 4.10. The molecule has 3 rings (SSSR count). The van der Waals surface area contributed by atoms with Gasteiger partial charge in [0, 0.05) is 11.7 Å². The highest BCUT2D eigenvalue weighted by atomic mass is 32.2. The molecule has 8 heteroatoms. The zero-order valence-corrected chi connectivity index (χ0v) is 17.4. The summed E-state index contributed by atoms with van der Waals surface area (Å²) in [4.78, 5) is 24.8. The van der Waals surface area contributed by atoms with Crippen LogP contribution >= 0.6 is 0 Å². The van der Waals surface area contributed by atoms with Crippen molar-refractivity contribution in [1.82, 2.24) is 4.72 Å². The molecule has 1 aliphatic carbocycles. The van der Waals surface area contributed by atoms with Crippen LogP contribution in [0, 0.1) is 13.8 Å². The molecule has 0 heterocycles. The largest absolute Gasteiger partial charge is 0.449 e. The van der Waals surface area contributed by atoms with Crippen LogP contribution in [-0.4, -0.2) is 32.4 Å². The monoisotopic (exact) mass is 416 g/mol. The van der Waals surface area contributed by atoms with Gasteiger partial charge in [-0.25, -0.2) is 17.9 Å². The van der Waals surface area contributed by atoms with Crippen LogP contribution in [0.4, 0.5) is 5.69 Å². The van der Waals surface area contributed by atoms with Crippen molar-refractivity contribution in [2.45, 2.75) is 50.7 Å². The highest BCUT2D eigenvalue weighted by molar-refractivity contribution is 7.89. The quantitative estimate of drug-likeness (QED) is 0.676. The Hall–Kier alpha value is -2.71. The van der Waals surface area contributed by atoms with Gasteiger partial charge in [0.05, 0.1) is 10.5 Å². The second kappa shape index (κ2) is 8.34. The molecule has 1 aliphatic rings. The lowest BCUT2D eigenvalue weighted by atomic mass is 10.1. The standard InChI is InChI=1S/C21H24N2O5S/c1-13-7-10-19(14(2)11-13)22-20(24)15(3)28-21(25)16-5-4-6-18(12-16)29(26,27)23-17-8-9-17/h4-7,10-12,15,17,23H,8-9H2,1-3H3,(H,22,24). The molecule has 2 aromatic carbocycles. The molecule has 0 aliphatic heterocycles. The first-order valence-electron chi connectivity index (χ1n) is 9.37. The first kappa shape index (κ1) is 21.0. The second-order valence-corrected chi connectivity index (χ2v) is 8.99. The molecule has 1 atom stereocenters. The van der Waals surface area contributed by atoms with Gasteiger partial charge >= 0.3 is 5.97 Å². The molecular formula is C21H24N2O5S. The number of nitrogens with one attached hydrogen (secondary N) is 2. The average Bonchev–Trinajstić information content (AvgIpc) is 3.47. The van der Waals surface area contributed by atoms with Gasteiger partial charge in [-0.3, -0.25) is 4.79 Å². The summed E-state index contributed by atoms with van der Waals surface area (Å²) < 4.78 is 32.4. The van der Waals surface area contributed by atoms with E-state index in [9.17, 15) is 18.0 Å². The third-order valence-corrected chi connectivity index (χ3v) is 6.09. The van der Waals surface area contributed by atoms with Crippen molar-refractivity contribution >= 4 is 27.6 Å². The maximum Gasteiger partial charge on any atom is 0.338 e. The number of sulfonamides is 1. The lowest BCUT2D eigenvalue weighted by Crippen LogP contribution is -2.30. The number of carbonyl (C=O) groups is 2. The van der Waals surface area contributed by atoms with Crippen molar-refractivity contribution in [3.63, 3.8) is 0 Å².